The summed E-state index contributed by atoms with van der Waals surface area (Å²) in [6.07, 6.45) is -4.44. The first kappa shape index (κ1) is 13.8. The van der Waals surface area contributed by atoms with Crippen LogP contribution in [0.5, 0.6) is 0 Å². The summed E-state index contributed by atoms with van der Waals surface area (Å²) in [5.74, 6) is 0.134. The van der Waals surface area contributed by atoms with Gasteiger partial charge in [0.15, 0.2) is 0 Å². The van der Waals surface area contributed by atoms with Crippen molar-refractivity contribution in [1.82, 2.24) is 10.2 Å². The number of alkyl halides is 4. The smallest absolute Gasteiger partial charge is 0.166 e. The van der Waals surface area contributed by atoms with E-state index in [0.29, 0.717) is 9.48 Å². The lowest BCUT2D eigenvalue weighted by Crippen LogP contribution is -2.07. The molecule has 2 rings (SSSR count). The second-order valence-corrected chi connectivity index (χ2v) is 5.57. The van der Waals surface area contributed by atoms with E-state index in [1.54, 1.807) is 0 Å². The topological polar surface area (TPSA) is 25.8 Å². The summed E-state index contributed by atoms with van der Waals surface area (Å²) < 4.78 is 39.1. The molecule has 0 N–H and O–H groups in total. The molecule has 0 saturated carbocycles. The number of aromatic nitrogens is 2. The molecule has 8 heteroatoms. The third-order valence-electron chi connectivity index (χ3n) is 2.10. The van der Waals surface area contributed by atoms with Crippen molar-refractivity contribution >= 4 is 38.9 Å². The van der Waals surface area contributed by atoms with Gasteiger partial charge >= 0.3 is 6.18 Å². The Morgan fingerprint density at radius 3 is 2.56 bits per heavy atom. The summed E-state index contributed by atoms with van der Waals surface area (Å²) in [7, 11) is 0. The van der Waals surface area contributed by atoms with Crippen molar-refractivity contribution < 1.29 is 13.2 Å². The maximum atomic E-state index is 12.9. The normalized spacial score (nSPS) is 11.8. The molecular formula is C10H5BrClF3N2S. The predicted octanol–water partition coefficient (Wildman–Crippen LogP) is 4.73. The molecule has 1 aromatic heterocycles. The molecule has 1 heterocycles. The molecule has 0 aliphatic carbocycles. The van der Waals surface area contributed by atoms with E-state index >= 15 is 0 Å². The van der Waals surface area contributed by atoms with E-state index < -0.39 is 11.7 Å². The van der Waals surface area contributed by atoms with Crippen molar-refractivity contribution in [2.75, 3.05) is 0 Å². The lowest BCUT2D eigenvalue weighted by atomic mass is 10.1. The summed E-state index contributed by atoms with van der Waals surface area (Å²) in [5.41, 5.74) is -0.728. The van der Waals surface area contributed by atoms with Crippen LogP contribution < -0.4 is 0 Å². The molecule has 2 nitrogen and oxygen atoms in total. The van der Waals surface area contributed by atoms with Gasteiger partial charge in [-0.15, -0.1) is 21.8 Å². The molecule has 0 unspecified atom stereocenters. The molecule has 1 aromatic carbocycles. The minimum absolute atomic E-state index is 0.0135. The fourth-order valence-electron chi connectivity index (χ4n) is 1.35. The maximum Gasteiger partial charge on any atom is 0.417 e. The van der Waals surface area contributed by atoms with Crippen LogP contribution in [0.3, 0.4) is 0 Å². The largest absolute Gasteiger partial charge is 0.417 e. The Balaban J connectivity index is 2.56. The summed E-state index contributed by atoms with van der Waals surface area (Å²) in [4.78, 5) is 0. The van der Waals surface area contributed by atoms with Gasteiger partial charge in [0, 0.05) is 10.0 Å². The van der Waals surface area contributed by atoms with Crippen LogP contribution in [0.2, 0.25) is 0 Å². The van der Waals surface area contributed by atoms with E-state index in [4.69, 9.17) is 11.6 Å². The third-order valence-corrected chi connectivity index (χ3v) is 3.96. The van der Waals surface area contributed by atoms with Gasteiger partial charge in [0.1, 0.15) is 10.0 Å². The van der Waals surface area contributed by atoms with Crippen molar-refractivity contribution in [3.05, 3.63) is 33.2 Å². The molecule has 0 aliphatic rings. The molecule has 18 heavy (non-hydrogen) atoms. The van der Waals surface area contributed by atoms with Crippen LogP contribution in [-0.2, 0) is 12.1 Å². The van der Waals surface area contributed by atoms with Gasteiger partial charge in [0.25, 0.3) is 0 Å². The van der Waals surface area contributed by atoms with E-state index in [-0.39, 0.29) is 16.5 Å². The first-order valence-electron chi connectivity index (χ1n) is 4.67. The maximum absolute atomic E-state index is 12.9. The van der Waals surface area contributed by atoms with Gasteiger partial charge < -0.3 is 0 Å². The molecule has 0 saturated heterocycles. The average molecular weight is 358 g/mol. The van der Waals surface area contributed by atoms with Crippen LogP contribution in [0.4, 0.5) is 13.2 Å². The number of hydrogen-bond donors (Lipinski definition) is 0. The number of nitrogens with zero attached hydrogens (tertiary/aromatic N) is 2. The molecular weight excluding hydrogens is 353 g/mol. The molecule has 0 atom stereocenters. The lowest BCUT2D eigenvalue weighted by Gasteiger charge is -2.11. The molecule has 0 amide bonds. The lowest BCUT2D eigenvalue weighted by molar-refractivity contribution is -0.137. The number of rotatable bonds is 2. The Morgan fingerprint density at radius 1 is 1.28 bits per heavy atom. The quantitative estimate of drug-likeness (QED) is 0.727. The Morgan fingerprint density at radius 2 is 2.00 bits per heavy atom. The second-order valence-electron chi connectivity index (χ2n) is 3.32. The van der Waals surface area contributed by atoms with Gasteiger partial charge in [-0.1, -0.05) is 33.3 Å². The van der Waals surface area contributed by atoms with Crippen LogP contribution in [-0.4, -0.2) is 10.2 Å². The van der Waals surface area contributed by atoms with Crippen molar-refractivity contribution in [1.29, 1.82) is 0 Å². The Hall–Kier alpha value is -0.660. The van der Waals surface area contributed by atoms with Gasteiger partial charge in [0.05, 0.1) is 11.4 Å². The molecule has 96 valence electrons. The van der Waals surface area contributed by atoms with Crippen molar-refractivity contribution in [3.8, 4) is 10.6 Å². The highest BCUT2D eigenvalue weighted by Gasteiger charge is 2.34. The SMILES string of the molecule is FC(F)(F)c1cc(Br)ccc1-c1nnc(CCl)s1. The van der Waals surface area contributed by atoms with Gasteiger partial charge in [0.2, 0.25) is 0 Å². The van der Waals surface area contributed by atoms with Crippen molar-refractivity contribution in [2.45, 2.75) is 12.1 Å². The van der Waals surface area contributed by atoms with Gasteiger partial charge in [-0.25, -0.2) is 0 Å². The molecule has 0 aliphatic heterocycles. The van der Waals surface area contributed by atoms with Crippen LogP contribution in [0, 0.1) is 0 Å². The van der Waals surface area contributed by atoms with E-state index in [1.165, 1.54) is 12.1 Å². The minimum Gasteiger partial charge on any atom is -0.166 e. The van der Waals surface area contributed by atoms with Gasteiger partial charge in [-0.3, -0.25) is 0 Å². The van der Waals surface area contributed by atoms with Crippen LogP contribution >= 0.6 is 38.9 Å². The molecule has 0 spiro atoms. The summed E-state index contributed by atoms with van der Waals surface area (Å²) >= 11 is 9.64. The number of halogens is 5. The van der Waals surface area contributed by atoms with Crippen molar-refractivity contribution in [2.24, 2.45) is 0 Å². The monoisotopic (exact) mass is 356 g/mol. The minimum atomic E-state index is -4.44. The highest BCUT2D eigenvalue weighted by atomic mass is 79.9. The second kappa shape index (κ2) is 5.14. The molecule has 0 bridgehead atoms. The van der Waals surface area contributed by atoms with E-state index in [0.717, 1.165) is 17.4 Å². The molecule has 0 radical (unpaired) electrons. The zero-order valence-corrected chi connectivity index (χ0v) is 11.8. The highest BCUT2D eigenvalue weighted by Crippen LogP contribution is 2.39. The fraction of sp³-hybridized carbons (Fsp3) is 0.200. The first-order valence-corrected chi connectivity index (χ1v) is 6.81. The predicted molar refractivity (Wildman–Crippen MR) is 67.6 cm³/mol. The Bertz CT molecular complexity index is 570. The van der Waals surface area contributed by atoms with Crippen LogP contribution in [0.1, 0.15) is 10.6 Å². The summed E-state index contributed by atoms with van der Waals surface area (Å²) in [6.45, 7) is 0. The first-order chi connectivity index (χ1) is 8.41. The van der Waals surface area contributed by atoms with Crippen LogP contribution in [0.15, 0.2) is 22.7 Å². The average Bonchev–Trinajstić information content (AvgIpc) is 2.76. The number of hydrogen-bond acceptors (Lipinski definition) is 3. The molecule has 0 fully saturated rings. The zero-order valence-electron chi connectivity index (χ0n) is 8.63. The standard InChI is InChI=1S/C10H5BrClF3N2S/c11-5-1-2-6(7(3-5)10(13,14)15)9-17-16-8(4-12)18-9/h1-3H,4H2. The Kier molecular flexibility index (Phi) is 3.93. The Labute approximate surface area is 118 Å². The van der Waals surface area contributed by atoms with E-state index in [9.17, 15) is 13.2 Å². The summed E-state index contributed by atoms with van der Waals surface area (Å²) in [6, 6.07) is 3.93. The summed E-state index contributed by atoms with van der Waals surface area (Å²) in [5, 5.41) is 8.15. The highest BCUT2D eigenvalue weighted by molar-refractivity contribution is 9.10. The zero-order chi connectivity index (χ0) is 13.3. The fourth-order valence-corrected chi connectivity index (χ4v) is 2.66. The van der Waals surface area contributed by atoms with E-state index in [2.05, 4.69) is 26.1 Å². The van der Waals surface area contributed by atoms with Gasteiger partial charge in [-0.2, -0.15) is 13.2 Å². The third kappa shape index (κ3) is 2.84. The van der Waals surface area contributed by atoms with Crippen LogP contribution in [0.25, 0.3) is 10.6 Å². The van der Waals surface area contributed by atoms with Crippen molar-refractivity contribution in [3.63, 3.8) is 0 Å². The molecule has 2 aromatic rings. The van der Waals surface area contributed by atoms with Gasteiger partial charge in [-0.05, 0) is 12.1 Å². The van der Waals surface area contributed by atoms with E-state index in [1.807, 2.05) is 0 Å². The number of benzene rings is 1.